The predicted molar refractivity (Wildman–Crippen MR) is 73.3 cm³/mol. The van der Waals surface area contributed by atoms with Crippen molar-refractivity contribution < 1.29 is 4.79 Å². The van der Waals surface area contributed by atoms with Gasteiger partial charge in [-0.25, -0.2) is 4.79 Å². The summed E-state index contributed by atoms with van der Waals surface area (Å²) in [6, 6.07) is 5.98. The molecule has 0 bridgehead atoms. The fourth-order valence-corrected chi connectivity index (χ4v) is 3.67. The molecule has 1 saturated carbocycles. The van der Waals surface area contributed by atoms with E-state index >= 15 is 0 Å². The van der Waals surface area contributed by atoms with Crippen molar-refractivity contribution in [1.29, 1.82) is 0 Å². The molecular formula is C14H14ClN3O. The summed E-state index contributed by atoms with van der Waals surface area (Å²) in [4.78, 5) is 18.1. The van der Waals surface area contributed by atoms with E-state index < -0.39 is 5.54 Å². The molecule has 1 fully saturated rings. The second-order valence-electron chi connectivity index (χ2n) is 5.54. The summed E-state index contributed by atoms with van der Waals surface area (Å²) in [5.41, 5.74) is 7.92. The molecule has 2 amide bonds. The number of rotatable bonds is 1. The van der Waals surface area contributed by atoms with Gasteiger partial charge in [-0.3, -0.25) is 0 Å². The molecule has 1 aromatic carbocycles. The number of carbonyl (C=O) groups is 1. The average molecular weight is 276 g/mol. The Morgan fingerprint density at radius 3 is 2.95 bits per heavy atom. The Kier molecular flexibility index (Phi) is 2.09. The van der Waals surface area contributed by atoms with Gasteiger partial charge in [0.1, 0.15) is 11.4 Å². The van der Waals surface area contributed by atoms with Gasteiger partial charge in [0, 0.05) is 11.1 Å². The zero-order chi connectivity index (χ0) is 13.2. The van der Waals surface area contributed by atoms with Crippen LogP contribution in [0.2, 0.25) is 5.02 Å². The van der Waals surface area contributed by atoms with E-state index in [1.165, 1.54) is 5.56 Å². The van der Waals surface area contributed by atoms with Gasteiger partial charge in [0.15, 0.2) is 0 Å². The number of carbonyl (C=O) groups excluding carboxylic acids is 1. The summed E-state index contributed by atoms with van der Waals surface area (Å²) >= 11 is 6.05. The smallest absolute Gasteiger partial charge is 0.346 e. The van der Waals surface area contributed by atoms with E-state index in [2.05, 4.69) is 4.99 Å². The minimum atomic E-state index is -0.502. The predicted octanol–water partition coefficient (Wildman–Crippen LogP) is 2.44. The van der Waals surface area contributed by atoms with Crippen molar-refractivity contribution in [2.75, 3.05) is 0 Å². The van der Waals surface area contributed by atoms with Gasteiger partial charge in [-0.15, -0.1) is 0 Å². The minimum Gasteiger partial charge on any atom is -0.385 e. The van der Waals surface area contributed by atoms with Crippen LogP contribution in [-0.4, -0.2) is 22.8 Å². The highest BCUT2D eigenvalue weighted by Crippen LogP contribution is 2.49. The van der Waals surface area contributed by atoms with Crippen molar-refractivity contribution in [2.45, 2.75) is 37.3 Å². The molecule has 1 spiro atoms. The van der Waals surface area contributed by atoms with Crippen LogP contribution in [0.15, 0.2) is 23.2 Å². The van der Waals surface area contributed by atoms with Crippen molar-refractivity contribution in [1.82, 2.24) is 4.90 Å². The maximum atomic E-state index is 12.1. The second-order valence-corrected chi connectivity index (χ2v) is 5.98. The van der Waals surface area contributed by atoms with E-state index in [1.807, 2.05) is 23.1 Å². The molecular weight excluding hydrogens is 262 g/mol. The molecule has 2 aliphatic carbocycles. The number of benzene rings is 1. The van der Waals surface area contributed by atoms with E-state index in [1.54, 1.807) is 0 Å². The van der Waals surface area contributed by atoms with Gasteiger partial charge < -0.3 is 10.6 Å². The van der Waals surface area contributed by atoms with E-state index in [0.29, 0.717) is 11.9 Å². The summed E-state index contributed by atoms with van der Waals surface area (Å²) in [6.45, 7) is 0. The number of aryl methyl sites for hydroxylation is 1. The topological polar surface area (TPSA) is 58.7 Å². The van der Waals surface area contributed by atoms with Crippen molar-refractivity contribution in [3.8, 4) is 0 Å². The quantitative estimate of drug-likeness (QED) is 0.856. The third kappa shape index (κ3) is 1.35. The van der Waals surface area contributed by atoms with Crippen molar-refractivity contribution >= 4 is 23.5 Å². The van der Waals surface area contributed by atoms with Crippen LogP contribution in [-0.2, 0) is 12.0 Å². The molecule has 1 unspecified atom stereocenters. The number of hydrogen-bond acceptors (Lipinski definition) is 2. The molecule has 0 saturated heterocycles. The van der Waals surface area contributed by atoms with Crippen LogP contribution in [0.1, 0.15) is 30.4 Å². The summed E-state index contributed by atoms with van der Waals surface area (Å²) < 4.78 is 0. The third-order valence-electron chi connectivity index (χ3n) is 4.44. The molecule has 3 aliphatic rings. The zero-order valence-electron chi connectivity index (χ0n) is 10.4. The Morgan fingerprint density at radius 1 is 1.42 bits per heavy atom. The van der Waals surface area contributed by atoms with Gasteiger partial charge in [-0.1, -0.05) is 17.7 Å². The van der Waals surface area contributed by atoms with Gasteiger partial charge in [-0.2, -0.15) is 4.99 Å². The highest BCUT2D eigenvalue weighted by atomic mass is 35.5. The Hall–Kier alpha value is -1.55. The van der Waals surface area contributed by atoms with Gasteiger partial charge >= 0.3 is 6.03 Å². The monoisotopic (exact) mass is 275 g/mol. The zero-order valence-corrected chi connectivity index (χ0v) is 11.2. The third-order valence-corrected chi connectivity index (χ3v) is 4.67. The van der Waals surface area contributed by atoms with E-state index in [0.717, 1.165) is 36.3 Å². The number of fused-ring (bicyclic) bond motifs is 2. The van der Waals surface area contributed by atoms with Crippen LogP contribution in [0, 0.1) is 0 Å². The van der Waals surface area contributed by atoms with E-state index in [4.69, 9.17) is 17.3 Å². The number of hydrogen-bond donors (Lipinski definition) is 1. The normalized spacial score (nSPS) is 29.0. The van der Waals surface area contributed by atoms with Crippen molar-refractivity contribution in [3.63, 3.8) is 0 Å². The summed E-state index contributed by atoms with van der Waals surface area (Å²) in [5.74, 6) is 0.450. The maximum absolute atomic E-state index is 12.1. The summed E-state index contributed by atoms with van der Waals surface area (Å²) in [6.07, 6.45) is 3.82. The number of urea groups is 1. The highest BCUT2D eigenvalue weighted by molar-refractivity contribution is 6.30. The summed E-state index contributed by atoms with van der Waals surface area (Å²) in [5, 5.41) is 0.730. The molecule has 1 aromatic rings. The van der Waals surface area contributed by atoms with Crippen LogP contribution in [0.3, 0.4) is 0 Å². The highest BCUT2D eigenvalue weighted by Gasteiger charge is 2.57. The van der Waals surface area contributed by atoms with Crippen molar-refractivity contribution in [2.24, 2.45) is 10.7 Å². The van der Waals surface area contributed by atoms with E-state index in [9.17, 15) is 4.79 Å². The van der Waals surface area contributed by atoms with Gasteiger partial charge in [-0.05, 0) is 48.9 Å². The van der Waals surface area contributed by atoms with Gasteiger partial charge in [0.05, 0.1) is 0 Å². The molecule has 0 radical (unpaired) electrons. The van der Waals surface area contributed by atoms with Crippen LogP contribution in [0.4, 0.5) is 4.79 Å². The fourth-order valence-electron chi connectivity index (χ4n) is 3.48. The molecule has 1 atom stereocenters. The van der Waals surface area contributed by atoms with E-state index in [-0.39, 0.29) is 6.03 Å². The number of amides is 2. The molecule has 5 heteroatoms. The van der Waals surface area contributed by atoms with Crippen molar-refractivity contribution in [3.05, 3.63) is 34.3 Å². The van der Waals surface area contributed by atoms with Gasteiger partial charge in [0.25, 0.3) is 0 Å². The Morgan fingerprint density at radius 2 is 2.21 bits per heavy atom. The fraction of sp³-hybridized carbons (Fsp3) is 0.429. The Balaban J connectivity index is 1.91. The lowest BCUT2D eigenvalue weighted by atomic mass is 9.89. The lowest BCUT2D eigenvalue weighted by Gasteiger charge is -2.35. The average Bonchev–Trinajstić information content (AvgIpc) is 3.07. The first-order valence-electron chi connectivity index (χ1n) is 6.60. The Bertz CT molecular complexity index is 623. The number of nitrogens with two attached hydrogens (primary N) is 1. The molecule has 4 rings (SSSR count). The Labute approximate surface area is 116 Å². The standard InChI is InChI=1S/C14H14ClN3O/c15-9-1-4-11-8(7-9)5-6-14(11)12(16)17-13(19)18(14)10-2-3-10/h1,4,7,10H,2-3,5-6H2,(H2,16,17,19). The lowest BCUT2D eigenvalue weighted by Crippen LogP contribution is -2.51. The number of halogens is 1. The van der Waals surface area contributed by atoms with Crippen LogP contribution in [0.5, 0.6) is 0 Å². The molecule has 19 heavy (non-hydrogen) atoms. The SMILES string of the molecule is NC1=NC(=O)N(C2CC2)C12CCc1cc(Cl)ccc12. The lowest BCUT2D eigenvalue weighted by molar-refractivity contribution is 0.165. The van der Waals surface area contributed by atoms with Gasteiger partial charge in [0.2, 0.25) is 0 Å². The molecule has 1 aliphatic heterocycles. The largest absolute Gasteiger partial charge is 0.385 e. The second kappa shape index (κ2) is 3.51. The van der Waals surface area contributed by atoms with Crippen LogP contribution in [0.25, 0.3) is 0 Å². The molecule has 98 valence electrons. The number of aliphatic imine (C=N–C) groups is 1. The first kappa shape index (κ1) is 11.3. The molecule has 2 N–H and O–H groups in total. The van der Waals surface area contributed by atoms with Crippen LogP contribution < -0.4 is 5.73 Å². The van der Waals surface area contributed by atoms with Crippen LogP contribution >= 0.6 is 11.6 Å². The maximum Gasteiger partial charge on any atom is 0.346 e. The molecule has 1 heterocycles. The summed E-state index contributed by atoms with van der Waals surface area (Å²) in [7, 11) is 0. The molecule has 4 nitrogen and oxygen atoms in total. The minimum absolute atomic E-state index is 0.178. The first-order valence-corrected chi connectivity index (χ1v) is 6.97. The number of amidine groups is 1. The number of nitrogens with zero attached hydrogens (tertiary/aromatic N) is 2. The first-order chi connectivity index (χ1) is 9.13. The molecule has 0 aromatic heterocycles.